The molecule has 0 amide bonds. The molecule has 0 aromatic heterocycles. The summed E-state index contributed by atoms with van der Waals surface area (Å²) in [4.78, 5) is 5.12. The lowest BCUT2D eigenvalue weighted by Gasteiger charge is -2.43. The summed E-state index contributed by atoms with van der Waals surface area (Å²) in [6.07, 6.45) is 19.2. The lowest BCUT2D eigenvalue weighted by Crippen LogP contribution is -2.42. The van der Waals surface area contributed by atoms with E-state index in [4.69, 9.17) is 0 Å². The van der Waals surface area contributed by atoms with Crippen LogP contribution in [-0.4, -0.2) is 36.0 Å². The van der Waals surface area contributed by atoms with Gasteiger partial charge in [-0.3, -0.25) is 0 Å². The van der Waals surface area contributed by atoms with Crippen molar-refractivity contribution < 1.29 is 0 Å². The van der Waals surface area contributed by atoms with Crippen LogP contribution in [-0.2, 0) is 0 Å². The Hall–Kier alpha value is -0.920. The van der Waals surface area contributed by atoms with E-state index < -0.39 is 0 Å². The van der Waals surface area contributed by atoms with Crippen molar-refractivity contribution >= 4 is 0 Å². The molecule has 3 aliphatic rings. The van der Waals surface area contributed by atoms with Crippen molar-refractivity contribution in [3.05, 3.63) is 24.6 Å². The highest BCUT2D eigenvalue weighted by atomic mass is 15.2. The molecule has 3 rings (SSSR count). The molecule has 0 radical (unpaired) electrons. The summed E-state index contributed by atoms with van der Waals surface area (Å²) in [6, 6.07) is 1.41. The van der Waals surface area contributed by atoms with Crippen LogP contribution in [0, 0.1) is 11.8 Å². The summed E-state index contributed by atoms with van der Waals surface area (Å²) in [5, 5.41) is 0. The fourth-order valence-corrected chi connectivity index (χ4v) is 5.75. The van der Waals surface area contributed by atoms with Crippen LogP contribution in [0.4, 0.5) is 0 Å². The molecule has 0 aliphatic heterocycles. The minimum absolute atomic E-state index is 0.706. The van der Waals surface area contributed by atoms with Gasteiger partial charge in [0.25, 0.3) is 0 Å². The van der Waals surface area contributed by atoms with E-state index in [1.807, 2.05) is 0 Å². The van der Waals surface area contributed by atoms with Gasteiger partial charge in [0.15, 0.2) is 0 Å². The first kappa shape index (κ1) is 19.8. The fourth-order valence-electron chi connectivity index (χ4n) is 5.75. The largest absolute Gasteiger partial charge is 0.375 e. The van der Waals surface area contributed by atoms with E-state index in [0.29, 0.717) is 12.1 Å². The molecule has 148 valence electrons. The molecule has 26 heavy (non-hydrogen) atoms. The second-order valence-corrected chi connectivity index (χ2v) is 9.34. The number of hydrogen-bond donors (Lipinski definition) is 0. The van der Waals surface area contributed by atoms with Gasteiger partial charge in [-0.1, -0.05) is 51.7 Å². The molecule has 3 aliphatic carbocycles. The van der Waals surface area contributed by atoms with Gasteiger partial charge >= 0.3 is 0 Å². The van der Waals surface area contributed by atoms with Gasteiger partial charge in [0.2, 0.25) is 0 Å². The first-order valence-electron chi connectivity index (χ1n) is 11.4. The second kappa shape index (κ2) is 9.33. The van der Waals surface area contributed by atoms with Crippen LogP contribution >= 0.6 is 0 Å². The summed E-state index contributed by atoms with van der Waals surface area (Å²) in [6.45, 7) is 9.00. The molecule has 3 saturated carbocycles. The summed E-state index contributed by atoms with van der Waals surface area (Å²) >= 11 is 0. The van der Waals surface area contributed by atoms with Gasteiger partial charge in [-0.15, -0.1) is 0 Å². The highest BCUT2D eigenvalue weighted by Gasteiger charge is 2.30. The van der Waals surface area contributed by atoms with Crippen LogP contribution in [0.1, 0.15) is 89.9 Å². The van der Waals surface area contributed by atoms with Crippen molar-refractivity contribution in [3.8, 4) is 0 Å². The highest BCUT2D eigenvalue weighted by molar-refractivity contribution is 5.05. The van der Waals surface area contributed by atoms with Gasteiger partial charge in [-0.2, -0.15) is 0 Å². The van der Waals surface area contributed by atoms with E-state index in [1.54, 1.807) is 0 Å². The van der Waals surface area contributed by atoms with E-state index >= 15 is 0 Å². The van der Waals surface area contributed by atoms with Crippen molar-refractivity contribution in [1.82, 2.24) is 9.80 Å². The average Bonchev–Trinajstić information content (AvgIpc) is 2.73. The van der Waals surface area contributed by atoms with E-state index in [2.05, 4.69) is 37.1 Å². The quantitative estimate of drug-likeness (QED) is 0.546. The molecule has 0 aromatic rings. The van der Waals surface area contributed by atoms with E-state index in [0.717, 1.165) is 11.8 Å². The highest BCUT2D eigenvalue weighted by Crippen LogP contribution is 2.36. The minimum Gasteiger partial charge on any atom is -0.375 e. The van der Waals surface area contributed by atoms with E-state index in [9.17, 15) is 0 Å². The Labute approximate surface area is 162 Å². The molecule has 0 N–H and O–H groups in total. The van der Waals surface area contributed by atoms with Gasteiger partial charge in [-0.05, 0) is 63.2 Å². The number of hydrogen-bond acceptors (Lipinski definition) is 2. The predicted octanol–water partition coefficient (Wildman–Crippen LogP) is 6.35. The zero-order valence-corrected chi connectivity index (χ0v) is 17.5. The van der Waals surface area contributed by atoms with Gasteiger partial charge < -0.3 is 9.80 Å². The summed E-state index contributed by atoms with van der Waals surface area (Å²) in [5.41, 5.74) is 2.85. The summed E-state index contributed by atoms with van der Waals surface area (Å²) < 4.78 is 0. The molecular weight excluding hydrogens is 316 g/mol. The summed E-state index contributed by atoms with van der Waals surface area (Å²) in [5.74, 6) is 1.50. The van der Waals surface area contributed by atoms with Gasteiger partial charge in [0.1, 0.15) is 0 Å². The molecule has 0 spiro atoms. The maximum Gasteiger partial charge on any atom is 0.0285 e. The molecule has 2 nitrogen and oxygen atoms in total. The molecular formula is C24H42N2. The Morgan fingerprint density at radius 2 is 0.846 bits per heavy atom. The zero-order valence-electron chi connectivity index (χ0n) is 17.5. The standard InChI is InChI=1S/C24H42N2/c1-19(21-11-7-5-8-12-21)25(3)23-15-17-24(18-16-23)26(4)20(2)22-13-9-6-10-14-22/h21-24H,1-2,5-18H2,3-4H3. The number of rotatable bonds is 6. The average molecular weight is 359 g/mol. The molecule has 0 bridgehead atoms. The fraction of sp³-hybridized carbons (Fsp3) is 0.833. The van der Waals surface area contributed by atoms with Crippen molar-refractivity contribution in [2.75, 3.05) is 14.1 Å². The molecule has 0 aromatic carbocycles. The van der Waals surface area contributed by atoms with Crippen molar-refractivity contribution in [1.29, 1.82) is 0 Å². The van der Waals surface area contributed by atoms with E-state index in [-0.39, 0.29) is 0 Å². The van der Waals surface area contributed by atoms with Crippen LogP contribution in [0.3, 0.4) is 0 Å². The van der Waals surface area contributed by atoms with Crippen LogP contribution in [0.15, 0.2) is 24.6 Å². The van der Waals surface area contributed by atoms with Gasteiger partial charge in [0.05, 0.1) is 0 Å². The van der Waals surface area contributed by atoms with Crippen LogP contribution in [0.25, 0.3) is 0 Å². The maximum atomic E-state index is 4.50. The third-order valence-electron chi connectivity index (χ3n) is 7.82. The Morgan fingerprint density at radius 3 is 1.15 bits per heavy atom. The minimum atomic E-state index is 0.706. The second-order valence-electron chi connectivity index (χ2n) is 9.34. The Balaban J connectivity index is 1.46. The normalized spacial score (nSPS) is 28.5. The SMILES string of the molecule is C=C(C1CCCCC1)N(C)C1CCC(N(C)C(=C)C2CCCCC2)CC1. The Kier molecular flexibility index (Phi) is 7.12. The van der Waals surface area contributed by atoms with Crippen LogP contribution < -0.4 is 0 Å². The third kappa shape index (κ3) is 4.67. The molecule has 0 heterocycles. The van der Waals surface area contributed by atoms with Crippen LogP contribution in [0.5, 0.6) is 0 Å². The van der Waals surface area contributed by atoms with Crippen molar-refractivity contribution in [2.24, 2.45) is 11.8 Å². The number of allylic oxidation sites excluding steroid dienone is 2. The predicted molar refractivity (Wildman–Crippen MR) is 113 cm³/mol. The van der Waals surface area contributed by atoms with E-state index in [1.165, 1.54) is 101 Å². The lowest BCUT2D eigenvalue weighted by atomic mass is 9.83. The maximum absolute atomic E-state index is 4.50. The molecule has 0 saturated heterocycles. The smallest absolute Gasteiger partial charge is 0.0285 e. The van der Waals surface area contributed by atoms with Gasteiger partial charge in [-0.25, -0.2) is 0 Å². The summed E-state index contributed by atoms with van der Waals surface area (Å²) in [7, 11) is 4.62. The first-order valence-corrected chi connectivity index (χ1v) is 11.4. The number of nitrogens with zero attached hydrogens (tertiary/aromatic N) is 2. The zero-order chi connectivity index (χ0) is 18.5. The topological polar surface area (TPSA) is 6.48 Å². The molecule has 0 atom stereocenters. The Bertz CT molecular complexity index is 419. The van der Waals surface area contributed by atoms with Gasteiger partial charge in [0, 0.05) is 37.6 Å². The molecule has 2 heteroatoms. The van der Waals surface area contributed by atoms with Crippen LogP contribution in [0.2, 0.25) is 0 Å². The Morgan fingerprint density at radius 1 is 0.538 bits per heavy atom. The monoisotopic (exact) mass is 358 g/mol. The third-order valence-corrected chi connectivity index (χ3v) is 7.82. The molecule has 0 unspecified atom stereocenters. The van der Waals surface area contributed by atoms with Crippen molar-refractivity contribution in [2.45, 2.75) is 102 Å². The lowest BCUT2D eigenvalue weighted by molar-refractivity contribution is 0.140. The molecule has 3 fully saturated rings. The first-order chi connectivity index (χ1) is 12.6. The van der Waals surface area contributed by atoms with Crippen molar-refractivity contribution in [3.63, 3.8) is 0 Å².